The molecular formula is C18H26N2O4S. The summed E-state index contributed by atoms with van der Waals surface area (Å²) >= 11 is 1.21. The van der Waals surface area contributed by atoms with Gasteiger partial charge in [0.15, 0.2) is 6.10 Å². The quantitative estimate of drug-likeness (QED) is 0.755. The van der Waals surface area contributed by atoms with Crippen molar-refractivity contribution in [1.82, 2.24) is 10.2 Å². The number of hydrogen-bond acceptors (Lipinski definition) is 5. The minimum atomic E-state index is -0.814. The number of nitrogens with zero attached hydrogens (tertiary/aromatic N) is 1. The SMILES string of the molecule is C[C@@H](OC(=O)CN1CCSC1=O)C(=O)NC12CC3CC(CC(C3)C1)C2. The maximum Gasteiger partial charge on any atom is 0.326 e. The van der Waals surface area contributed by atoms with Gasteiger partial charge >= 0.3 is 5.97 Å². The van der Waals surface area contributed by atoms with E-state index in [1.54, 1.807) is 6.92 Å². The van der Waals surface area contributed by atoms with Crippen molar-refractivity contribution >= 4 is 28.9 Å². The minimum Gasteiger partial charge on any atom is -0.451 e. The number of rotatable bonds is 5. The maximum atomic E-state index is 12.6. The lowest BCUT2D eigenvalue weighted by Gasteiger charge is -2.57. The summed E-state index contributed by atoms with van der Waals surface area (Å²) in [5.41, 5.74) is -0.0753. The third-order valence-electron chi connectivity index (χ3n) is 6.27. The predicted molar refractivity (Wildman–Crippen MR) is 94.0 cm³/mol. The summed E-state index contributed by atoms with van der Waals surface area (Å²) in [7, 11) is 0. The first-order valence-electron chi connectivity index (χ1n) is 9.36. The van der Waals surface area contributed by atoms with Crippen LogP contribution in [0.4, 0.5) is 4.79 Å². The van der Waals surface area contributed by atoms with Crippen molar-refractivity contribution in [1.29, 1.82) is 0 Å². The first-order valence-corrected chi connectivity index (χ1v) is 10.3. The molecule has 0 aromatic heterocycles. The second-order valence-corrected chi connectivity index (χ2v) is 9.40. The first-order chi connectivity index (χ1) is 11.9. The Bertz CT molecular complexity index is 558. The molecule has 5 fully saturated rings. The van der Waals surface area contributed by atoms with Crippen LogP contribution in [0.3, 0.4) is 0 Å². The van der Waals surface area contributed by atoms with Gasteiger partial charge in [0, 0.05) is 17.8 Å². The molecule has 4 saturated carbocycles. The van der Waals surface area contributed by atoms with Gasteiger partial charge in [0.1, 0.15) is 6.54 Å². The molecule has 0 aromatic rings. The smallest absolute Gasteiger partial charge is 0.326 e. The Hall–Kier alpha value is -1.24. The number of nitrogens with one attached hydrogen (secondary N) is 1. The van der Waals surface area contributed by atoms with Crippen LogP contribution in [-0.2, 0) is 14.3 Å². The van der Waals surface area contributed by atoms with Gasteiger partial charge in [-0.3, -0.25) is 14.4 Å². The molecule has 0 aromatic carbocycles. The van der Waals surface area contributed by atoms with Crippen molar-refractivity contribution in [2.75, 3.05) is 18.8 Å². The molecule has 5 aliphatic rings. The highest BCUT2D eigenvalue weighted by Gasteiger charge is 2.51. The van der Waals surface area contributed by atoms with Gasteiger partial charge in [0.2, 0.25) is 0 Å². The summed E-state index contributed by atoms with van der Waals surface area (Å²) in [6.45, 7) is 2.11. The van der Waals surface area contributed by atoms with Gasteiger partial charge in [-0.15, -0.1) is 0 Å². The van der Waals surface area contributed by atoms with Crippen LogP contribution in [0.15, 0.2) is 0 Å². The molecule has 0 unspecified atom stereocenters. The Morgan fingerprint density at radius 1 is 1.24 bits per heavy atom. The molecule has 1 heterocycles. The van der Waals surface area contributed by atoms with Crippen molar-refractivity contribution in [3.05, 3.63) is 0 Å². The van der Waals surface area contributed by atoms with Crippen molar-refractivity contribution < 1.29 is 19.1 Å². The lowest BCUT2D eigenvalue weighted by atomic mass is 9.53. The van der Waals surface area contributed by atoms with E-state index >= 15 is 0 Å². The van der Waals surface area contributed by atoms with E-state index in [4.69, 9.17) is 4.74 Å². The lowest BCUT2D eigenvalue weighted by Crippen LogP contribution is -2.61. The molecule has 6 nitrogen and oxygen atoms in total. The van der Waals surface area contributed by atoms with Crippen molar-refractivity contribution in [2.24, 2.45) is 17.8 Å². The van der Waals surface area contributed by atoms with Crippen LogP contribution in [0, 0.1) is 17.8 Å². The number of amides is 2. The minimum absolute atomic E-state index is 0.0686. The van der Waals surface area contributed by atoms with E-state index in [0.717, 1.165) is 37.0 Å². The summed E-state index contributed by atoms with van der Waals surface area (Å²) in [6, 6.07) is 0. The van der Waals surface area contributed by atoms with E-state index in [9.17, 15) is 14.4 Å². The van der Waals surface area contributed by atoms with E-state index in [1.807, 2.05) is 0 Å². The second-order valence-electron chi connectivity index (χ2n) is 8.36. The largest absolute Gasteiger partial charge is 0.451 e. The Morgan fingerprint density at radius 2 is 1.84 bits per heavy atom. The van der Waals surface area contributed by atoms with Gasteiger partial charge in [0.25, 0.3) is 11.1 Å². The van der Waals surface area contributed by atoms with Gasteiger partial charge in [-0.25, -0.2) is 0 Å². The molecule has 1 aliphatic heterocycles. The zero-order chi connectivity index (χ0) is 17.6. The molecule has 5 rings (SSSR count). The second kappa shape index (κ2) is 6.49. The van der Waals surface area contributed by atoms with E-state index in [0.29, 0.717) is 12.3 Å². The topological polar surface area (TPSA) is 75.7 Å². The fourth-order valence-corrected chi connectivity index (χ4v) is 6.46. The summed E-state index contributed by atoms with van der Waals surface area (Å²) in [5.74, 6) is 2.25. The molecular weight excluding hydrogens is 340 g/mol. The van der Waals surface area contributed by atoms with Crippen LogP contribution in [0.25, 0.3) is 0 Å². The number of ether oxygens (including phenoxy) is 1. The Kier molecular flexibility index (Phi) is 4.46. The third-order valence-corrected chi connectivity index (χ3v) is 7.16. The maximum absolute atomic E-state index is 12.6. The molecule has 0 spiro atoms. The normalized spacial score (nSPS) is 37.2. The van der Waals surface area contributed by atoms with Crippen LogP contribution < -0.4 is 5.32 Å². The van der Waals surface area contributed by atoms with Crippen LogP contribution in [0.5, 0.6) is 0 Å². The molecule has 1 saturated heterocycles. The van der Waals surface area contributed by atoms with E-state index < -0.39 is 12.1 Å². The molecule has 25 heavy (non-hydrogen) atoms. The molecule has 1 N–H and O–H groups in total. The van der Waals surface area contributed by atoms with Gasteiger partial charge in [-0.2, -0.15) is 0 Å². The molecule has 4 aliphatic carbocycles. The van der Waals surface area contributed by atoms with Crippen LogP contribution >= 0.6 is 11.8 Å². The van der Waals surface area contributed by atoms with Crippen molar-refractivity contribution in [2.45, 2.75) is 57.1 Å². The molecule has 4 bridgehead atoms. The lowest BCUT2D eigenvalue weighted by molar-refractivity contribution is -0.157. The van der Waals surface area contributed by atoms with Crippen LogP contribution in [0.2, 0.25) is 0 Å². The Balaban J connectivity index is 1.30. The van der Waals surface area contributed by atoms with E-state index in [2.05, 4.69) is 5.32 Å². The first kappa shape index (κ1) is 17.2. The molecule has 1 atom stereocenters. The average molecular weight is 366 g/mol. The summed E-state index contributed by atoms with van der Waals surface area (Å²) in [5, 5.41) is 3.14. The highest BCUT2D eigenvalue weighted by molar-refractivity contribution is 8.13. The fourth-order valence-electron chi connectivity index (χ4n) is 5.64. The summed E-state index contributed by atoms with van der Waals surface area (Å²) in [4.78, 5) is 37.6. The van der Waals surface area contributed by atoms with Crippen molar-refractivity contribution in [3.63, 3.8) is 0 Å². The predicted octanol–water partition coefficient (Wildman–Crippen LogP) is 2.17. The number of carbonyl (C=O) groups excluding carboxylic acids is 3. The number of carbonyl (C=O) groups is 3. The highest BCUT2D eigenvalue weighted by Crippen LogP contribution is 2.55. The molecule has 0 radical (unpaired) electrons. The monoisotopic (exact) mass is 366 g/mol. The van der Waals surface area contributed by atoms with E-state index in [-0.39, 0.29) is 23.2 Å². The Labute approximate surface area is 152 Å². The third kappa shape index (κ3) is 3.52. The standard InChI is InChI=1S/C18H26N2O4S/c1-11(24-15(21)10-20-2-3-25-17(20)23)16(22)19-18-7-12-4-13(8-18)6-14(5-12)9-18/h11-14H,2-10H2,1H3,(H,19,22)/t11-,12?,13?,14?,18?/m1/s1. The van der Waals surface area contributed by atoms with Gasteiger partial charge < -0.3 is 15.0 Å². The van der Waals surface area contributed by atoms with Crippen LogP contribution in [-0.4, -0.2) is 52.5 Å². The van der Waals surface area contributed by atoms with Gasteiger partial charge in [-0.1, -0.05) is 11.8 Å². The average Bonchev–Trinajstić information content (AvgIpc) is 2.90. The fraction of sp³-hybridized carbons (Fsp3) is 0.833. The van der Waals surface area contributed by atoms with E-state index in [1.165, 1.54) is 35.9 Å². The van der Waals surface area contributed by atoms with Gasteiger partial charge in [-0.05, 0) is 63.2 Å². The van der Waals surface area contributed by atoms with Crippen molar-refractivity contribution in [3.8, 4) is 0 Å². The summed E-state index contributed by atoms with van der Waals surface area (Å²) in [6.07, 6.45) is 6.37. The molecule has 7 heteroatoms. The molecule has 2 amide bonds. The zero-order valence-corrected chi connectivity index (χ0v) is 15.5. The number of esters is 1. The van der Waals surface area contributed by atoms with Crippen LogP contribution in [0.1, 0.15) is 45.4 Å². The molecule has 138 valence electrons. The highest BCUT2D eigenvalue weighted by atomic mass is 32.2. The summed E-state index contributed by atoms with van der Waals surface area (Å²) < 4.78 is 5.28. The zero-order valence-electron chi connectivity index (χ0n) is 14.7. The number of thioether (sulfide) groups is 1. The van der Waals surface area contributed by atoms with Gasteiger partial charge in [0.05, 0.1) is 0 Å². The number of hydrogen-bond donors (Lipinski definition) is 1. The Morgan fingerprint density at radius 3 is 2.36 bits per heavy atom.